The third-order valence-electron chi connectivity index (χ3n) is 2.79. The number of hydrogen-bond acceptors (Lipinski definition) is 4. The lowest BCUT2D eigenvalue weighted by atomic mass is 10.3. The Morgan fingerprint density at radius 1 is 1.42 bits per heavy atom. The van der Waals surface area contributed by atoms with Crippen molar-refractivity contribution in [2.75, 3.05) is 17.3 Å². The zero-order valence-electron chi connectivity index (χ0n) is 10.1. The topological polar surface area (TPSA) is 63.2 Å². The molecule has 1 amide bonds. The van der Waals surface area contributed by atoms with Crippen LogP contribution in [0.3, 0.4) is 0 Å². The standard InChI is InChI=1S/C12H14ClNO3S2/c13-10-3-1-2-4-11(10)18-7-12(15)14-9-5-6-19(16,17)8-9/h1-4,9H,5-8H2,(H,14,15). The molecule has 4 nitrogen and oxygen atoms in total. The summed E-state index contributed by atoms with van der Waals surface area (Å²) < 4.78 is 22.5. The number of halogens is 1. The van der Waals surface area contributed by atoms with Crippen molar-refractivity contribution >= 4 is 39.1 Å². The molecule has 1 fully saturated rings. The third-order valence-corrected chi connectivity index (χ3v) is 6.08. The van der Waals surface area contributed by atoms with E-state index in [1.807, 2.05) is 18.2 Å². The van der Waals surface area contributed by atoms with E-state index in [1.165, 1.54) is 11.8 Å². The van der Waals surface area contributed by atoms with Crippen LogP contribution in [0.2, 0.25) is 5.02 Å². The predicted molar refractivity (Wildman–Crippen MR) is 77.4 cm³/mol. The summed E-state index contributed by atoms with van der Waals surface area (Å²) in [5.41, 5.74) is 0. The molecule has 7 heteroatoms. The van der Waals surface area contributed by atoms with Crippen molar-refractivity contribution in [3.05, 3.63) is 29.3 Å². The molecule has 0 spiro atoms. The van der Waals surface area contributed by atoms with Crippen LogP contribution in [0.4, 0.5) is 0 Å². The number of carbonyl (C=O) groups is 1. The van der Waals surface area contributed by atoms with Gasteiger partial charge < -0.3 is 5.32 Å². The summed E-state index contributed by atoms with van der Waals surface area (Å²) in [4.78, 5) is 12.6. The van der Waals surface area contributed by atoms with Gasteiger partial charge in [0.15, 0.2) is 9.84 Å². The van der Waals surface area contributed by atoms with E-state index in [0.717, 1.165) is 4.90 Å². The quantitative estimate of drug-likeness (QED) is 0.859. The molecule has 1 aliphatic rings. The maximum absolute atomic E-state index is 11.7. The van der Waals surface area contributed by atoms with Crippen molar-refractivity contribution in [3.63, 3.8) is 0 Å². The molecule has 0 aromatic heterocycles. The highest BCUT2D eigenvalue weighted by atomic mass is 35.5. The third kappa shape index (κ3) is 4.40. The van der Waals surface area contributed by atoms with E-state index in [-0.39, 0.29) is 29.2 Å². The number of thioether (sulfide) groups is 1. The molecule has 1 unspecified atom stereocenters. The molecular weight excluding hydrogens is 306 g/mol. The summed E-state index contributed by atoms with van der Waals surface area (Å²) in [6.07, 6.45) is 0.505. The number of hydrogen-bond donors (Lipinski definition) is 1. The lowest BCUT2D eigenvalue weighted by molar-refractivity contribution is -0.119. The number of nitrogens with one attached hydrogen (secondary N) is 1. The Kier molecular flexibility index (Phi) is 4.76. The largest absolute Gasteiger partial charge is 0.352 e. The van der Waals surface area contributed by atoms with Crippen molar-refractivity contribution in [1.29, 1.82) is 0 Å². The molecule has 1 aliphatic heterocycles. The lowest BCUT2D eigenvalue weighted by Gasteiger charge is -2.10. The maximum Gasteiger partial charge on any atom is 0.230 e. The molecule has 1 saturated heterocycles. The minimum atomic E-state index is -2.96. The second-order valence-electron chi connectivity index (χ2n) is 4.39. The SMILES string of the molecule is O=C(CSc1ccccc1Cl)NC1CCS(=O)(=O)C1. The van der Waals surface area contributed by atoms with Crippen LogP contribution < -0.4 is 5.32 Å². The Labute approximate surface area is 121 Å². The average Bonchev–Trinajstić information content (AvgIpc) is 2.67. The van der Waals surface area contributed by atoms with Crippen molar-refractivity contribution < 1.29 is 13.2 Å². The smallest absolute Gasteiger partial charge is 0.230 e. The van der Waals surface area contributed by atoms with Crippen molar-refractivity contribution in [1.82, 2.24) is 5.32 Å². The molecule has 1 aromatic rings. The fourth-order valence-electron chi connectivity index (χ4n) is 1.88. The van der Waals surface area contributed by atoms with Gasteiger partial charge in [0.1, 0.15) is 0 Å². The molecule has 1 atom stereocenters. The van der Waals surface area contributed by atoms with E-state index in [1.54, 1.807) is 6.07 Å². The van der Waals surface area contributed by atoms with Gasteiger partial charge in [-0.25, -0.2) is 8.42 Å². The highest BCUT2D eigenvalue weighted by Gasteiger charge is 2.28. The molecule has 0 saturated carbocycles. The number of carbonyl (C=O) groups excluding carboxylic acids is 1. The van der Waals surface area contributed by atoms with Crippen molar-refractivity contribution in [3.8, 4) is 0 Å². The van der Waals surface area contributed by atoms with Crippen LogP contribution in [0.15, 0.2) is 29.2 Å². The summed E-state index contributed by atoms with van der Waals surface area (Å²) in [5, 5.41) is 3.36. The second-order valence-corrected chi connectivity index (χ2v) is 8.04. The number of amides is 1. The van der Waals surface area contributed by atoms with Crippen LogP contribution >= 0.6 is 23.4 Å². The van der Waals surface area contributed by atoms with E-state index < -0.39 is 9.84 Å². The van der Waals surface area contributed by atoms with E-state index >= 15 is 0 Å². The lowest BCUT2D eigenvalue weighted by Crippen LogP contribution is -2.36. The van der Waals surface area contributed by atoms with Crippen LogP contribution in [-0.4, -0.2) is 37.6 Å². The molecule has 1 heterocycles. The fourth-order valence-corrected chi connectivity index (χ4v) is 4.61. The van der Waals surface area contributed by atoms with E-state index in [2.05, 4.69) is 5.32 Å². The fraction of sp³-hybridized carbons (Fsp3) is 0.417. The van der Waals surface area contributed by atoms with Gasteiger partial charge in [-0.15, -0.1) is 11.8 Å². The van der Waals surface area contributed by atoms with E-state index in [9.17, 15) is 13.2 Å². The minimum Gasteiger partial charge on any atom is -0.352 e. The van der Waals surface area contributed by atoms with Gasteiger partial charge in [0.25, 0.3) is 0 Å². The average molecular weight is 320 g/mol. The van der Waals surface area contributed by atoms with Gasteiger partial charge in [-0.1, -0.05) is 23.7 Å². The number of sulfone groups is 1. The molecule has 104 valence electrons. The van der Waals surface area contributed by atoms with Crippen LogP contribution in [0.5, 0.6) is 0 Å². The minimum absolute atomic E-state index is 0.0511. The van der Waals surface area contributed by atoms with Crippen LogP contribution in [0.25, 0.3) is 0 Å². The Morgan fingerprint density at radius 2 is 2.16 bits per heavy atom. The molecular formula is C12H14ClNO3S2. The Balaban J connectivity index is 1.81. The van der Waals surface area contributed by atoms with Gasteiger partial charge in [-0.2, -0.15) is 0 Å². The molecule has 19 heavy (non-hydrogen) atoms. The first-order chi connectivity index (χ1) is 8.96. The summed E-state index contributed by atoms with van der Waals surface area (Å²) in [5.74, 6) is 0.290. The molecule has 0 bridgehead atoms. The summed E-state index contributed by atoms with van der Waals surface area (Å²) in [6, 6.07) is 7.06. The van der Waals surface area contributed by atoms with Crippen molar-refractivity contribution in [2.24, 2.45) is 0 Å². The van der Waals surface area contributed by atoms with Crippen LogP contribution in [0, 0.1) is 0 Å². The highest BCUT2D eigenvalue weighted by molar-refractivity contribution is 8.00. The van der Waals surface area contributed by atoms with Gasteiger partial charge in [0, 0.05) is 10.9 Å². The second kappa shape index (κ2) is 6.15. The first kappa shape index (κ1) is 14.7. The number of rotatable bonds is 4. The normalized spacial score (nSPS) is 21.2. The van der Waals surface area contributed by atoms with Gasteiger partial charge in [-0.3, -0.25) is 4.79 Å². The molecule has 1 aromatic carbocycles. The Hall–Kier alpha value is -0.720. The summed E-state index contributed by atoms with van der Waals surface area (Å²) in [6.45, 7) is 0. The van der Waals surface area contributed by atoms with Gasteiger partial charge in [-0.05, 0) is 18.6 Å². The summed E-state index contributed by atoms with van der Waals surface area (Å²) >= 11 is 7.33. The van der Waals surface area contributed by atoms with Crippen LogP contribution in [-0.2, 0) is 14.6 Å². The summed E-state index contributed by atoms with van der Waals surface area (Å²) in [7, 11) is -2.96. The van der Waals surface area contributed by atoms with Crippen LogP contribution in [0.1, 0.15) is 6.42 Å². The van der Waals surface area contributed by atoms with Gasteiger partial charge in [0.05, 0.1) is 22.3 Å². The Bertz CT molecular complexity index is 574. The molecule has 0 aliphatic carbocycles. The molecule has 2 rings (SSSR count). The molecule has 1 N–H and O–H groups in total. The monoisotopic (exact) mass is 319 g/mol. The van der Waals surface area contributed by atoms with Gasteiger partial charge in [0.2, 0.25) is 5.91 Å². The van der Waals surface area contributed by atoms with Crippen molar-refractivity contribution in [2.45, 2.75) is 17.4 Å². The molecule has 0 radical (unpaired) electrons. The number of benzene rings is 1. The predicted octanol–water partition coefficient (Wildman–Crippen LogP) is 1.74. The zero-order chi connectivity index (χ0) is 13.9. The first-order valence-corrected chi connectivity index (χ1v) is 9.02. The maximum atomic E-state index is 11.7. The highest BCUT2D eigenvalue weighted by Crippen LogP contribution is 2.26. The van der Waals surface area contributed by atoms with E-state index in [0.29, 0.717) is 11.4 Å². The van der Waals surface area contributed by atoms with Gasteiger partial charge >= 0.3 is 0 Å². The zero-order valence-corrected chi connectivity index (χ0v) is 12.5. The van der Waals surface area contributed by atoms with E-state index in [4.69, 9.17) is 11.6 Å². The first-order valence-electron chi connectivity index (χ1n) is 5.83. The Morgan fingerprint density at radius 3 is 2.79 bits per heavy atom.